The van der Waals surface area contributed by atoms with E-state index in [1.54, 1.807) is 6.07 Å². The molecule has 2 rings (SSSR count). The summed E-state index contributed by atoms with van der Waals surface area (Å²) in [6.07, 6.45) is 3.74. The fourth-order valence-electron chi connectivity index (χ4n) is 3.39. The van der Waals surface area contributed by atoms with Crippen molar-refractivity contribution in [1.29, 1.82) is 0 Å². The van der Waals surface area contributed by atoms with E-state index in [1.165, 1.54) is 12.1 Å². The molecule has 0 spiro atoms. The number of hydrogen-bond acceptors (Lipinski definition) is 1. The Morgan fingerprint density at radius 3 is 2.55 bits per heavy atom. The first-order valence-electron chi connectivity index (χ1n) is 7.47. The molecular formula is C17H24FNO. The Morgan fingerprint density at radius 1 is 1.35 bits per heavy atom. The Hall–Kier alpha value is -1.38. The van der Waals surface area contributed by atoms with Gasteiger partial charge in [0.1, 0.15) is 5.82 Å². The summed E-state index contributed by atoms with van der Waals surface area (Å²) >= 11 is 0. The molecule has 3 heteroatoms. The first kappa shape index (κ1) is 15.0. The molecule has 1 fully saturated rings. The van der Waals surface area contributed by atoms with Crippen molar-refractivity contribution in [2.24, 2.45) is 5.92 Å². The molecule has 0 N–H and O–H groups in total. The molecular weight excluding hydrogens is 253 g/mol. The van der Waals surface area contributed by atoms with Crippen LogP contribution in [0.3, 0.4) is 0 Å². The van der Waals surface area contributed by atoms with Crippen LogP contribution >= 0.6 is 0 Å². The lowest BCUT2D eigenvalue weighted by Gasteiger charge is -2.33. The Balaban J connectivity index is 2.32. The van der Waals surface area contributed by atoms with Gasteiger partial charge in [-0.3, -0.25) is 4.79 Å². The molecule has 2 nitrogen and oxygen atoms in total. The van der Waals surface area contributed by atoms with Crippen LogP contribution in [0.1, 0.15) is 45.1 Å². The average molecular weight is 277 g/mol. The SMILES string of the molecule is CC(C)CN(C)C(=O)C1(c2cccc(F)c2)CCCC1. The van der Waals surface area contributed by atoms with Crippen LogP contribution in [0.2, 0.25) is 0 Å². The zero-order valence-corrected chi connectivity index (χ0v) is 12.7. The molecule has 0 atom stereocenters. The van der Waals surface area contributed by atoms with Crippen LogP contribution in [0.4, 0.5) is 4.39 Å². The smallest absolute Gasteiger partial charge is 0.232 e. The highest BCUT2D eigenvalue weighted by atomic mass is 19.1. The van der Waals surface area contributed by atoms with Crippen LogP contribution < -0.4 is 0 Å². The molecule has 1 aliphatic rings. The standard InChI is InChI=1S/C17H24FNO/c1-13(2)12-19(3)16(20)17(9-4-5-10-17)14-7-6-8-15(18)11-14/h6-8,11,13H,4-5,9-10,12H2,1-3H3. The molecule has 1 aromatic rings. The van der Waals surface area contributed by atoms with Crippen LogP contribution in [-0.4, -0.2) is 24.4 Å². The summed E-state index contributed by atoms with van der Waals surface area (Å²) in [6.45, 7) is 4.95. The van der Waals surface area contributed by atoms with E-state index in [-0.39, 0.29) is 11.7 Å². The van der Waals surface area contributed by atoms with Crippen molar-refractivity contribution in [2.75, 3.05) is 13.6 Å². The zero-order valence-electron chi connectivity index (χ0n) is 12.7. The Kier molecular flexibility index (Phi) is 4.46. The normalized spacial score (nSPS) is 17.4. The van der Waals surface area contributed by atoms with Crippen LogP contribution in [0.5, 0.6) is 0 Å². The molecule has 0 aromatic heterocycles. The number of amides is 1. The van der Waals surface area contributed by atoms with E-state index in [0.29, 0.717) is 5.92 Å². The Labute approximate surface area is 121 Å². The summed E-state index contributed by atoms with van der Waals surface area (Å²) in [6, 6.07) is 6.58. The van der Waals surface area contributed by atoms with Gasteiger partial charge in [0.05, 0.1) is 5.41 Å². The van der Waals surface area contributed by atoms with Gasteiger partial charge in [-0.2, -0.15) is 0 Å². The fourth-order valence-corrected chi connectivity index (χ4v) is 3.39. The van der Waals surface area contributed by atoms with Crippen molar-refractivity contribution in [2.45, 2.75) is 44.9 Å². The lowest BCUT2D eigenvalue weighted by Crippen LogP contribution is -2.44. The minimum atomic E-state index is -0.508. The third kappa shape index (κ3) is 2.87. The van der Waals surface area contributed by atoms with Crippen molar-refractivity contribution < 1.29 is 9.18 Å². The highest BCUT2D eigenvalue weighted by Crippen LogP contribution is 2.42. The number of halogens is 1. The first-order chi connectivity index (χ1) is 9.45. The van der Waals surface area contributed by atoms with Gasteiger partial charge in [0.15, 0.2) is 0 Å². The van der Waals surface area contributed by atoms with Gasteiger partial charge in [-0.15, -0.1) is 0 Å². The molecule has 0 aliphatic heterocycles. The van der Waals surface area contributed by atoms with Gasteiger partial charge in [0, 0.05) is 13.6 Å². The molecule has 0 radical (unpaired) electrons. The van der Waals surface area contributed by atoms with Crippen molar-refractivity contribution in [3.63, 3.8) is 0 Å². The molecule has 0 unspecified atom stereocenters. The van der Waals surface area contributed by atoms with Crippen LogP contribution in [-0.2, 0) is 10.2 Å². The second kappa shape index (κ2) is 5.94. The summed E-state index contributed by atoms with van der Waals surface area (Å²) in [4.78, 5) is 14.7. The lowest BCUT2D eigenvalue weighted by molar-refractivity contribution is -0.136. The van der Waals surface area contributed by atoms with E-state index in [0.717, 1.165) is 37.8 Å². The molecule has 0 heterocycles. The minimum absolute atomic E-state index is 0.148. The number of carbonyl (C=O) groups excluding carboxylic acids is 1. The molecule has 0 saturated heterocycles. The van der Waals surface area contributed by atoms with Crippen LogP contribution in [0.15, 0.2) is 24.3 Å². The quantitative estimate of drug-likeness (QED) is 0.820. The molecule has 110 valence electrons. The number of likely N-dealkylation sites (N-methyl/N-ethyl adjacent to an activating group) is 1. The topological polar surface area (TPSA) is 20.3 Å². The Bertz CT molecular complexity index is 478. The summed E-state index contributed by atoms with van der Waals surface area (Å²) in [5.74, 6) is 0.331. The second-order valence-electron chi connectivity index (χ2n) is 6.38. The highest BCUT2D eigenvalue weighted by Gasteiger charge is 2.44. The number of rotatable bonds is 4. The largest absolute Gasteiger partial charge is 0.345 e. The summed E-state index contributed by atoms with van der Waals surface area (Å²) < 4.78 is 13.5. The molecule has 1 aliphatic carbocycles. The van der Waals surface area contributed by atoms with Gasteiger partial charge in [0.2, 0.25) is 5.91 Å². The molecule has 1 amide bonds. The average Bonchev–Trinajstić information content (AvgIpc) is 2.87. The van der Waals surface area contributed by atoms with Gasteiger partial charge >= 0.3 is 0 Å². The van der Waals surface area contributed by atoms with Crippen molar-refractivity contribution in [1.82, 2.24) is 4.90 Å². The van der Waals surface area contributed by atoms with Crippen LogP contribution in [0, 0.1) is 11.7 Å². The minimum Gasteiger partial charge on any atom is -0.345 e. The predicted molar refractivity (Wildman–Crippen MR) is 79.0 cm³/mol. The van der Waals surface area contributed by atoms with Crippen LogP contribution in [0.25, 0.3) is 0 Å². The summed E-state index contributed by atoms with van der Waals surface area (Å²) in [5.41, 5.74) is 0.335. The molecule has 0 bridgehead atoms. The maximum atomic E-state index is 13.5. The van der Waals surface area contributed by atoms with E-state index in [4.69, 9.17) is 0 Å². The van der Waals surface area contributed by atoms with Gasteiger partial charge in [-0.1, -0.05) is 38.8 Å². The lowest BCUT2D eigenvalue weighted by atomic mass is 9.77. The first-order valence-corrected chi connectivity index (χ1v) is 7.47. The zero-order chi connectivity index (χ0) is 14.8. The highest BCUT2D eigenvalue weighted by molar-refractivity contribution is 5.88. The number of carbonyl (C=O) groups is 1. The number of nitrogens with zero attached hydrogens (tertiary/aromatic N) is 1. The summed E-state index contributed by atoms with van der Waals surface area (Å²) in [7, 11) is 1.86. The molecule has 1 saturated carbocycles. The van der Waals surface area contributed by atoms with E-state index >= 15 is 0 Å². The van der Waals surface area contributed by atoms with Gasteiger partial charge < -0.3 is 4.90 Å². The maximum Gasteiger partial charge on any atom is 0.232 e. The third-order valence-corrected chi connectivity index (χ3v) is 4.23. The third-order valence-electron chi connectivity index (χ3n) is 4.23. The van der Waals surface area contributed by atoms with Crippen molar-refractivity contribution in [3.8, 4) is 0 Å². The molecule has 1 aromatic carbocycles. The molecule has 20 heavy (non-hydrogen) atoms. The van der Waals surface area contributed by atoms with Gasteiger partial charge in [-0.25, -0.2) is 4.39 Å². The van der Waals surface area contributed by atoms with E-state index in [1.807, 2.05) is 18.0 Å². The van der Waals surface area contributed by atoms with Gasteiger partial charge in [-0.05, 0) is 36.5 Å². The van der Waals surface area contributed by atoms with Crippen molar-refractivity contribution >= 4 is 5.91 Å². The Morgan fingerprint density at radius 2 is 2.00 bits per heavy atom. The number of benzene rings is 1. The fraction of sp³-hybridized carbons (Fsp3) is 0.588. The van der Waals surface area contributed by atoms with E-state index < -0.39 is 5.41 Å². The monoisotopic (exact) mass is 277 g/mol. The summed E-state index contributed by atoms with van der Waals surface area (Å²) in [5, 5.41) is 0. The predicted octanol–water partition coefficient (Wildman–Crippen LogP) is 3.75. The second-order valence-corrected chi connectivity index (χ2v) is 6.38. The van der Waals surface area contributed by atoms with E-state index in [9.17, 15) is 9.18 Å². The van der Waals surface area contributed by atoms with E-state index in [2.05, 4.69) is 13.8 Å². The maximum absolute atomic E-state index is 13.5. The number of hydrogen-bond donors (Lipinski definition) is 0. The van der Waals surface area contributed by atoms with Gasteiger partial charge in [0.25, 0.3) is 0 Å². The van der Waals surface area contributed by atoms with Crippen molar-refractivity contribution in [3.05, 3.63) is 35.6 Å².